The standard InChI is InChI=1S/C16H24FN/c1-3-16(4-2,12-18-14-9-10-14)11-13-7-5-6-8-15(13)17/h5-8,14,18H,3-4,9-12H2,1-2H3. The molecule has 0 saturated heterocycles. The van der Waals surface area contributed by atoms with Crippen LogP contribution in [0.4, 0.5) is 4.39 Å². The van der Waals surface area contributed by atoms with Gasteiger partial charge in [-0.15, -0.1) is 0 Å². The minimum atomic E-state index is -0.0600. The Balaban J connectivity index is 2.06. The fourth-order valence-electron chi connectivity index (χ4n) is 2.51. The molecule has 1 N–H and O–H groups in total. The third-order valence-corrected chi connectivity index (χ3v) is 4.37. The second-order valence-corrected chi connectivity index (χ2v) is 5.63. The van der Waals surface area contributed by atoms with E-state index in [9.17, 15) is 4.39 Å². The fraction of sp³-hybridized carbons (Fsp3) is 0.625. The van der Waals surface area contributed by atoms with Crippen molar-refractivity contribution in [1.29, 1.82) is 0 Å². The quantitative estimate of drug-likeness (QED) is 0.772. The van der Waals surface area contributed by atoms with Crippen LogP contribution in [-0.4, -0.2) is 12.6 Å². The monoisotopic (exact) mass is 249 g/mol. The lowest BCUT2D eigenvalue weighted by Crippen LogP contribution is -2.36. The van der Waals surface area contributed by atoms with Gasteiger partial charge in [0.1, 0.15) is 5.82 Å². The number of hydrogen-bond donors (Lipinski definition) is 1. The second kappa shape index (κ2) is 5.83. The molecule has 0 spiro atoms. The number of nitrogens with one attached hydrogen (secondary N) is 1. The molecule has 0 amide bonds. The average Bonchev–Trinajstić information content (AvgIpc) is 3.21. The molecule has 0 bridgehead atoms. The van der Waals surface area contributed by atoms with Crippen LogP contribution < -0.4 is 5.32 Å². The minimum absolute atomic E-state index is 0.0600. The van der Waals surface area contributed by atoms with Gasteiger partial charge in [0.15, 0.2) is 0 Å². The summed E-state index contributed by atoms with van der Waals surface area (Å²) in [7, 11) is 0. The van der Waals surface area contributed by atoms with E-state index in [0.29, 0.717) is 0 Å². The Hall–Kier alpha value is -0.890. The summed E-state index contributed by atoms with van der Waals surface area (Å²) in [6, 6.07) is 7.92. The molecule has 18 heavy (non-hydrogen) atoms. The zero-order chi connectivity index (χ0) is 13.0. The van der Waals surface area contributed by atoms with Gasteiger partial charge in [-0.2, -0.15) is 0 Å². The van der Waals surface area contributed by atoms with E-state index in [4.69, 9.17) is 0 Å². The maximum absolute atomic E-state index is 13.8. The summed E-state index contributed by atoms with van der Waals surface area (Å²) in [6.07, 6.45) is 5.65. The van der Waals surface area contributed by atoms with Gasteiger partial charge in [0.25, 0.3) is 0 Å². The molecule has 0 heterocycles. The summed E-state index contributed by atoms with van der Waals surface area (Å²) < 4.78 is 13.8. The predicted octanol–water partition coefficient (Wildman–Crippen LogP) is 3.93. The van der Waals surface area contributed by atoms with Crippen LogP contribution in [0.5, 0.6) is 0 Å². The van der Waals surface area contributed by atoms with Crippen molar-refractivity contribution in [3.05, 3.63) is 35.6 Å². The molecule has 0 aliphatic heterocycles. The van der Waals surface area contributed by atoms with Crippen molar-refractivity contribution < 1.29 is 4.39 Å². The van der Waals surface area contributed by atoms with E-state index in [-0.39, 0.29) is 11.2 Å². The molecule has 2 rings (SSSR count). The number of rotatable bonds is 7. The molecule has 0 unspecified atom stereocenters. The Kier molecular flexibility index (Phi) is 4.39. The maximum atomic E-state index is 13.8. The van der Waals surface area contributed by atoms with Crippen molar-refractivity contribution in [2.45, 2.75) is 52.0 Å². The summed E-state index contributed by atoms with van der Waals surface area (Å²) in [6.45, 7) is 5.46. The molecule has 0 radical (unpaired) electrons. The van der Waals surface area contributed by atoms with E-state index in [0.717, 1.165) is 37.4 Å². The summed E-state index contributed by atoms with van der Waals surface area (Å²) in [4.78, 5) is 0. The van der Waals surface area contributed by atoms with Gasteiger partial charge in [0, 0.05) is 12.6 Å². The third-order valence-electron chi connectivity index (χ3n) is 4.37. The SMILES string of the molecule is CCC(CC)(CNC1CC1)Cc1ccccc1F. The van der Waals surface area contributed by atoms with Gasteiger partial charge in [-0.1, -0.05) is 32.0 Å². The lowest BCUT2D eigenvalue weighted by Gasteiger charge is -2.32. The van der Waals surface area contributed by atoms with Gasteiger partial charge in [-0.25, -0.2) is 4.39 Å². The summed E-state index contributed by atoms with van der Waals surface area (Å²) in [5, 5.41) is 3.62. The molecule has 1 fully saturated rings. The Morgan fingerprint density at radius 3 is 2.44 bits per heavy atom. The highest BCUT2D eigenvalue weighted by Gasteiger charge is 2.30. The Morgan fingerprint density at radius 1 is 1.22 bits per heavy atom. The molecule has 0 atom stereocenters. The van der Waals surface area contributed by atoms with E-state index in [2.05, 4.69) is 19.2 Å². The molecular formula is C16H24FN. The summed E-state index contributed by atoms with van der Waals surface area (Å²) in [5.41, 5.74) is 1.06. The van der Waals surface area contributed by atoms with E-state index < -0.39 is 0 Å². The van der Waals surface area contributed by atoms with Crippen LogP contribution in [0.2, 0.25) is 0 Å². The highest BCUT2D eigenvalue weighted by atomic mass is 19.1. The zero-order valence-corrected chi connectivity index (χ0v) is 11.5. The molecule has 1 aromatic carbocycles. The van der Waals surface area contributed by atoms with Crippen LogP contribution in [0.1, 0.15) is 45.1 Å². The van der Waals surface area contributed by atoms with Gasteiger partial charge >= 0.3 is 0 Å². The first kappa shape index (κ1) is 13.5. The summed E-state index contributed by atoms with van der Waals surface area (Å²) in [5.74, 6) is -0.0600. The fourth-order valence-corrected chi connectivity index (χ4v) is 2.51. The molecule has 1 aromatic rings. The van der Waals surface area contributed by atoms with Crippen molar-refractivity contribution >= 4 is 0 Å². The highest BCUT2D eigenvalue weighted by Crippen LogP contribution is 2.32. The minimum Gasteiger partial charge on any atom is -0.313 e. The molecule has 1 nitrogen and oxygen atoms in total. The highest BCUT2D eigenvalue weighted by molar-refractivity contribution is 5.19. The predicted molar refractivity (Wildman–Crippen MR) is 74.1 cm³/mol. The molecule has 1 aliphatic carbocycles. The van der Waals surface area contributed by atoms with Crippen LogP contribution in [-0.2, 0) is 6.42 Å². The first-order valence-electron chi connectivity index (χ1n) is 7.16. The van der Waals surface area contributed by atoms with Gasteiger partial charge in [0.2, 0.25) is 0 Å². The Bertz CT molecular complexity index is 380. The summed E-state index contributed by atoms with van der Waals surface area (Å²) >= 11 is 0. The van der Waals surface area contributed by atoms with Gasteiger partial charge in [-0.05, 0) is 49.1 Å². The lowest BCUT2D eigenvalue weighted by atomic mass is 9.76. The Labute approximate surface area is 110 Å². The number of benzene rings is 1. The molecule has 100 valence electrons. The molecule has 0 aromatic heterocycles. The molecule has 2 heteroatoms. The van der Waals surface area contributed by atoms with Crippen molar-refractivity contribution in [1.82, 2.24) is 5.32 Å². The molecular weight excluding hydrogens is 225 g/mol. The van der Waals surface area contributed by atoms with Gasteiger partial charge < -0.3 is 5.32 Å². The van der Waals surface area contributed by atoms with Crippen LogP contribution in [0.25, 0.3) is 0 Å². The van der Waals surface area contributed by atoms with Gasteiger partial charge in [0.05, 0.1) is 0 Å². The van der Waals surface area contributed by atoms with Crippen molar-refractivity contribution in [2.24, 2.45) is 5.41 Å². The van der Waals surface area contributed by atoms with Crippen molar-refractivity contribution in [3.8, 4) is 0 Å². The third kappa shape index (κ3) is 3.32. The van der Waals surface area contributed by atoms with Crippen LogP contribution in [0.3, 0.4) is 0 Å². The average molecular weight is 249 g/mol. The molecule has 1 saturated carbocycles. The first-order valence-corrected chi connectivity index (χ1v) is 7.16. The maximum Gasteiger partial charge on any atom is 0.126 e. The largest absolute Gasteiger partial charge is 0.313 e. The van der Waals surface area contributed by atoms with E-state index in [1.807, 2.05) is 12.1 Å². The van der Waals surface area contributed by atoms with Crippen molar-refractivity contribution in [2.75, 3.05) is 6.54 Å². The van der Waals surface area contributed by atoms with Gasteiger partial charge in [-0.3, -0.25) is 0 Å². The van der Waals surface area contributed by atoms with Crippen LogP contribution >= 0.6 is 0 Å². The second-order valence-electron chi connectivity index (χ2n) is 5.63. The van der Waals surface area contributed by atoms with E-state index >= 15 is 0 Å². The van der Waals surface area contributed by atoms with Crippen LogP contribution in [0.15, 0.2) is 24.3 Å². The Morgan fingerprint density at radius 2 is 1.89 bits per heavy atom. The zero-order valence-electron chi connectivity index (χ0n) is 11.5. The topological polar surface area (TPSA) is 12.0 Å². The van der Waals surface area contributed by atoms with E-state index in [1.165, 1.54) is 12.8 Å². The first-order chi connectivity index (χ1) is 8.69. The smallest absolute Gasteiger partial charge is 0.126 e. The normalized spacial score (nSPS) is 15.9. The van der Waals surface area contributed by atoms with E-state index in [1.54, 1.807) is 12.1 Å². The van der Waals surface area contributed by atoms with Crippen molar-refractivity contribution in [3.63, 3.8) is 0 Å². The molecule has 1 aliphatic rings. The number of halogens is 1. The lowest BCUT2D eigenvalue weighted by molar-refractivity contribution is 0.243. The number of hydrogen-bond acceptors (Lipinski definition) is 1. The van der Waals surface area contributed by atoms with Crippen LogP contribution in [0, 0.1) is 11.2 Å².